The lowest BCUT2D eigenvalue weighted by Crippen LogP contribution is -2.49. The Morgan fingerprint density at radius 1 is 0.825 bits per heavy atom. The minimum Gasteiger partial charge on any atom is -0.385 e. The first-order valence-electron chi connectivity index (χ1n) is 15.2. The molecule has 2 fully saturated rings. The van der Waals surface area contributed by atoms with Crippen LogP contribution >= 0.6 is 11.6 Å². The van der Waals surface area contributed by atoms with Crippen molar-refractivity contribution in [3.8, 4) is 0 Å². The fraction of sp³-hybridized carbons (Fsp3) is 0.531. The van der Waals surface area contributed by atoms with Crippen LogP contribution < -0.4 is 15.5 Å². The van der Waals surface area contributed by atoms with Crippen molar-refractivity contribution < 1.29 is 4.79 Å². The summed E-state index contributed by atoms with van der Waals surface area (Å²) in [4.78, 5) is 19.3. The number of halogens is 1. The van der Waals surface area contributed by atoms with Crippen molar-refractivity contribution in [1.29, 1.82) is 0 Å². The Labute approximate surface area is 244 Å². The summed E-state index contributed by atoms with van der Waals surface area (Å²) in [6, 6.07) is 17.0. The molecule has 40 heavy (non-hydrogen) atoms. The van der Waals surface area contributed by atoms with Gasteiger partial charge in [-0.15, -0.1) is 0 Å². The number of nitrogens with zero attached hydrogens (tertiary/aromatic N) is 4. The fourth-order valence-corrected chi connectivity index (χ4v) is 6.02. The van der Waals surface area contributed by atoms with Crippen molar-refractivity contribution in [2.75, 3.05) is 75.7 Å². The second kappa shape index (κ2) is 14.8. The van der Waals surface area contributed by atoms with E-state index in [1.165, 1.54) is 35.1 Å². The highest BCUT2D eigenvalue weighted by Crippen LogP contribution is 2.22. The van der Waals surface area contributed by atoms with E-state index in [9.17, 15) is 4.79 Å². The van der Waals surface area contributed by atoms with Crippen LogP contribution in [-0.4, -0.2) is 85.7 Å². The molecule has 216 valence electrons. The van der Waals surface area contributed by atoms with E-state index in [1.54, 1.807) is 0 Å². The number of hydrogen-bond donors (Lipinski definition) is 2. The van der Waals surface area contributed by atoms with Crippen LogP contribution in [0.4, 0.5) is 11.4 Å². The molecule has 2 N–H and O–H groups in total. The molecule has 2 saturated heterocycles. The van der Waals surface area contributed by atoms with E-state index in [0.29, 0.717) is 12.5 Å². The standard InChI is InChI=1S/C32H45ClN6O/c33-28-11-10-27-12-19-38(31(27)24-28)16-4-3-14-34-13-1-2-15-35-29-8-7-9-30(25-29)37-22-20-36(21-23-37)26-32(40)39-17-5-6-18-39/h7-12,19,24-25,34-35H,1-6,13-18,20-23,26H2. The Bertz CT molecular complexity index is 1220. The number of likely N-dealkylation sites (tertiary alicyclic amines) is 1. The highest BCUT2D eigenvalue weighted by Gasteiger charge is 2.23. The average Bonchev–Trinajstić information content (AvgIpc) is 3.65. The molecular formula is C32H45ClN6O. The van der Waals surface area contributed by atoms with Crippen molar-refractivity contribution in [3.63, 3.8) is 0 Å². The molecule has 2 aliphatic rings. The SMILES string of the molecule is O=C(CN1CCN(c2cccc(NCCCCNCCCCn3ccc4ccc(Cl)cc43)c2)CC1)N1CCCC1. The first-order valence-corrected chi connectivity index (χ1v) is 15.6. The molecule has 8 heteroatoms. The number of piperazine rings is 1. The van der Waals surface area contributed by atoms with Gasteiger partial charge in [0, 0.05) is 80.5 Å². The number of carbonyl (C=O) groups excluding carboxylic acids is 1. The molecule has 2 aliphatic heterocycles. The fourth-order valence-electron chi connectivity index (χ4n) is 5.85. The van der Waals surface area contributed by atoms with Crippen LogP contribution in [-0.2, 0) is 11.3 Å². The number of amides is 1. The number of benzene rings is 2. The van der Waals surface area contributed by atoms with Crippen LogP contribution in [0.25, 0.3) is 10.9 Å². The van der Waals surface area contributed by atoms with Crippen molar-refractivity contribution >= 4 is 39.8 Å². The van der Waals surface area contributed by atoms with Crippen LogP contribution in [0.15, 0.2) is 54.7 Å². The predicted octanol–water partition coefficient (Wildman–Crippen LogP) is 5.30. The highest BCUT2D eigenvalue weighted by atomic mass is 35.5. The number of carbonyl (C=O) groups is 1. The molecule has 7 nitrogen and oxygen atoms in total. The normalized spacial score (nSPS) is 16.2. The summed E-state index contributed by atoms with van der Waals surface area (Å²) in [5.74, 6) is 0.306. The minimum absolute atomic E-state index is 0.306. The predicted molar refractivity (Wildman–Crippen MR) is 168 cm³/mol. The number of aromatic nitrogens is 1. The molecule has 1 aromatic heterocycles. The summed E-state index contributed by atoms with van der Waals surface area (Å²) in [6.07, 6.45) is 9.14. The van der Waals surface area contributed by atoms with Crippen LogP contribution in [0, 0.1) is 0 Å². The van der Waals surface area contributed by atoms with Gasteiger partial charge in [0.05, 0.1) is 6.54 Å². The molecule has 0 radical (unpaired) electrons. The van der Waals surface area contributed by atoms with Crippen molar-refractivity contribution in [2.24, 2.45) is 0 Å². The van der Waals surface area contributed by atoms with Gasteiger partial charge in [-0.05, 0) is 93.4 Å². The van der Waals surface area contributed by atoms with Gasteiger partial charge < -0.3 is 25.0 Å². The molecule has 0 spiro atoms. The molecule has 0 unspecified atom stereocenters. The topological polar surface area (TPSA) is 55.8 Å². The monoisotopic (exact) mass is 564 g/mol. The molecule has 3 heterocycles. The largest absolute Gasteiger partial charge is 0.385 e. The smallest absolute Gasteiger partial charge is 0.236 e. The summed E-state index contributed by atoms with van der Waals surface area (Å²) >= 11 is 6.17. The molecule has 0 aliphatic carbocycles. The number of nitrogens with one attached hydrogen (secondary N) is 2. The van der Waals surface area contributed by atoms with Crippen molar-refractivity contribution in [3.05, 3.63) is 59.8 Å². The van der Waals surface area contributed by atoms with E-state index in [2.05, 4.69) is 73.7 Å². The summed E-state index contributed by atoms with van der Waals surface area (Å²) in [7, 11) is 0. The van der Waals surface area contributed by atoms with E-state index in [1.807, 2.05) is 11.0 Å². The lowest BCUT2D eigenvalue weighted by atomic mass is 10.2. The van der Waals surface area contributed by atoms with Gasteiger partial charge in [0.25, 0.3) is 0 Å². The quantitative estimate of drug-likeness (QED) is 0.260. The minimum atomic E-state index is 0.306. The average molecular weight is 565 g/mol. The second-order valence-electron chi connectivity index (χ2n) is 11.2. The number of aryl methyl sites for hydroxylation is 1. The Morgan fingerprint density at radius 3 is 2.42 bits per heavy atom. The van der Waals surface area contributed by atoms with Crippen LogP contribution in [0.1, 0.15) is 38.5 Å². The van der Waals surface area contributed by atoms with Gasteiger partial charge in [-0.25, -0.2) is 0 Å². The molecular weight excluding hydrogens is 520 g/mol. The van der Waals surface area contributed by atoms with Crippen LogP contribution in [0.2, 0.25) is 5.02 Å². The molecule has 1 amide bonds. The van der Waals surface area contributed by atoms with Gasteiger partial charge in [-0.3, -0.25) is 9.69 Å². The zero-order valence-corrected chi connectivity index (χ0v) is 24.5. The maximum absolute atomic E-state index is 12.5. The van der Waals surface area contributed by atoms with E-state index in [4.69, 9.17) is 11.6 Å². The van der Waals surface area contributed by atoms with Crippen molar-refractivity contribution in [2.45, 2.75) is 45.1 Å². The van der Waals surface area contributed by atoms with Crippen LogP contribution in [0.3, 0.4) is 0 Å². The van der Waals surface area contributed by atoms with Gasteiger partial charge in [0.2, 0.25) is 5.91 Å². The zero-order valence-electron chi connectivity index (χ0n) is 23.8. The number of unbranched alkanes of at least 4 members (excludes halogenated alkanes) is 2. The zero-order chi connectivity index (χ0) is 27.6. The maximum Gasteiger partial charge on any atom is 0.236 e. The van der Waals surface area contributed by atoms with Gasteiger partial charge in [-0.2, -0.15) is 0 Å². The number of anilines is 2. The van der Waals surface area contributed by atoms with Crippen molar-refractivity contribution in [1.82, 2.24) is 19.7 Å². The molecule has 2 aromatic carbocycles. The first kappa shape index (κ1) is 28.8. The van der Waals surface area contributed by atoms with Gasteiger partial charge in [0.15, 0.2) is 0 Å². The van der Waals surface area contributed by atoms with Gasteiger partial charge >= 0.3 is 0 Å². The highest BCUT2D eigenvalue weighted by molar-refractivity contribution is 6.31. The first-order chi connectivity index (χ1) is 19.7. The third-order valence-corrected chi connectivity index (χ3v) is 8.48. The van der Waals surface area contributed by atoms with E-state index < -0.39 is 0 Å². The second-order valence-corrected chi connectivity index (χ2v) is 11.6. The Hall–Kier alpha value is -2.74. The Kier molecular flexibility index (Phi) is 10.6. The summed E-state index contributed by atoms with van der Waals surface area (Å²) in [5.41, 5.74) is 3.69. The van der Waals surface area contributed by atoms with E-state index in [0.717, 1.165) is 96.2 Å². The Balaban J connectivity index is 0.911. The molecule has 3 aromatic rings. The summed E-state index contributed by atoms with van der Waals surface area (Å²) < 4.78 is 2.31. The van der Waals surface area contributed by atoms with E-state index >= 15 is 0 Å². The van der Waals surface area contributed by atoms with E-state index in [-0.39, 0.29) is 0 Å². The lowest BCUT2D eigenvalue weighted by Gasteiger charge is -2.36. The molecule has 5 rings (SSSR count). The molecule has 0 bridgehead atoms. The maximum atomic E-state index is 12.5. The Morgan fingerprint density at radius 2 is 1.60 bits per heavy atom. The third kappa shape index (κ3) is 8.15. The molecule has 0 saturated carbocycles. The summed E-state index contributed by atoms with van der Waals surface area (Å²) in [5, 5.41) is 9.26. The molecule has 0 atom stereocenters. The van der Waals surface area contributed by atoms with Gasteiger partial charge in [-0.1, -0.05) is 23.7 Å². The van der Waals surface area contributed by atoms with Crippen LogP contribution in [0.5, 0.6) is 0 Å². The number of fused-ring (bicyclic) bond motifs is 1. The lowest BCUT2D eigenvalue weighted by molar-refractivity contribution is -0.131. The summed E-state index contributed by atoms with van der Waals surface area (Å²) in [6.45, 7) is 10.4. The van der Waals surface area contributed by atoms with Gasteiger partial charge in [0.1, 0.15) is 0 Å². The third-order valence-electron chi connectivity index (χ3n) is 8.25. The number of rotatable bonds is 14. The number of hydrogen-bond acceptors (Lipinski definition) is 5.